The lowest BCUT2D eigenvalue weighted by Crippen LogP contribution is -2.35. The van der Waals surface area contributed by atoms with Gasteiger partial charge in [-0.05, 0) is 17.2 Å². The number of aromatic amines is 1. The fraction of sp³-hybridized carbons (Fsp3) is 0.158. The SMILES string of the molecule is COC(=O)[C@H](NC(=O)Cc1c[nH]c2ccccc12)c1ccccc1. The van der Waals surface area contributed by atoms with Crippen LogP contribution in [0.1, 0.15) is 17.2 Å². The molecule has 1 heterocycles. The lowest BCUT2D eigenvalue weighted by Gasteiger charge is -2.16. The van der Waals surface area contributed by atoms with Gasteiger partial charge in [0.15, 0.2) is 6.04 Å². The van der Waals surface area contributed by atoms with E-state index < -0.39 is 12.0 Å². The Hall–Kier alpha value is -3.08. The highest BCUT2D eigenvalue weighted by Crippen LogP contribution is 2.19. The Morgan fingerprint density at radius 3 is 2.54 bits per heavy atom. The summed E-state index contributed by atoms with van der Waals surface area (Å²) < 4.78 is 4.81. The molecule has 1 aromatic heterocycles. The second-order valence-electron chi connectivity index (χ2n) is 5.47. The predicted molar refractivity (Wildman–Crippen MR) is 91.3 cm³/mol. The number of benzene rings is 2. The molecule has 0 aliphatic rings. The van der Waals surface area contributed by atoms with E-state index >= 15 is 0 Å². The van der Waals surface area contributed by atoms with E-state index in [9.17, 15) is 9.59 Å². The van der Waals surface area contributed by atoms with Crippen LogP contribution < -0.4 is 5.32 Å². The van der Waals surface area contributed by atoms with Crippen LogP contribution in [0.15, 0.2) is 60.8 Å². The van der Waals surface area contributed by atoms with Gasteiger partial charge in [0.1, 0.15) is 0 Å². The van der Waals surface area contributed by atoms with Crippen molar-refractivity contribution in [3.63, 3.8) is 0 Å². The number of para-hydroxylation sites is 1. The maximum Gasteiger partial charge on any atom is 0.333 e. The molecular formula is C19H18N2O3. The molecule has 1 atom stereocenters. The standard InChI is InChI=1S/C19H18N2O3/c1-24-19(23)18(13-7-3-2-4-8-13)21-17(22)11-14-12-20-16-10-6-5-9-15(14)16/h2-10,12,18,20H,11H2,1H3,(H,21,22)/t18-/m1/s1. The maximum absolute atomic E-state index is 12.4. The number of hydrogen-bond acceptors (Lipinski definition) is 3. The molecule has 0 fully saturated rings. The van der Waals surface area contributed by atoms with Gasteiger partial charge >= 0.3 is 5.97 Å². The summed E-state index contributed by atoms with van der Waals surface area (Å²) in [6.45, 7) is 0. The van der Waals surface area contributed by atoms with Crippen LogP contribution in [0, 0.1) is 0 Å². The van der Waals surface area contributed by atoms with Gasteiger partial charge < -0.3 is 15.0 Å². The monoisotopic (exact) mass is 322 g/mol. The van der Waals surface area contributed by atoms with E-state index in [0.717, 1.165) is 16.5 Å². The number of carbonyl (C=O) groups is 2. The molecule has 0 radical (unpaired) electrons. The summed E-state index contributed by atoms with van der Waals surface area (Å²) in [5.74, 6) is -0.729. The molecule has 0 saturated carbocycles. The summed E-state index contributed by atoms with van der Waals surface area (Å²) in [4.78, 5) is 27.6. The molecule has 0 saturated heterocycles. The number of hydrogen-bond donors (Lipinski definition) is 2. The molecule has 3 aromatic rings. The first-order valence-electron chi connectivity index (χ1n) is 7.66. The minimum atomic E-state index is -0.811. The molecule has 0 unspecified atom stereocenters. The fourth-order valence-corrected chi connectivity index (χ4v) is 2.70. The third-order valence-electron chi connectivity index (χ3n) is 3.90. The number of fused-ring (bicyclic) bond motifs is 1. The summed E-state index contributed by atoms with van der Waals surface area (Å²) in [5.41, 5.74) is 2.56. The van der Waals surface area contributed by atoms with E-state index in [2.05, 4.69) is 10.3 Å². The number of carbonyl (C=O) groups excluding carboxylic acids is 2. The van der Waals surface area contributed by atoms with E-state index in [1.807, 2.05) is 48.7 Å². The summed E-state index contributed by atoms with van der Waals surface area (Å²) in [6, 6.07) is 16.0. The number of rotatable bonds is 5. The molecule has 3 rings (SSSR count). The van der Waals surface area contributed by atoms with Crippen LogP contribution in [0.2, 0.25) is 0 Å². The van der Waals surface area contributed by atoms with Gasteiger partial charge in [-0.1, -0.05) is 48.5 Å². The van der Waals surface area contributed by atoms with E-state index in [1.165, 1.54) is 7.11 Å². The molecule has 1 amide bonds. The van der Waals surface area contributed by atoms with Crippen molar-refractivity contribution in [2.45, 2.75) is 12.5 Å². The smallest absolute Gasteiger partial charge is 0.333 e. The molecule has 2 aromatic carbocycles. The predicted octanol–water partition coefficient (Wildman–Crippen LogP) is 2.74. The second kappa shape index (κ2) is 7.00. The number of aromatic nitrogens is 1. The Bertz CT molecular complexity index is 855. The Kier molecular flexibility index (Phi) is 4.61. The molecule has 5 nitrogen and oxygen atoms in total. The minimum absolute atomic E-state index is 0.185. The molecule has 0 spiro atoms. The van der Waals surface area contributed by atoms with Crippen LogP contribution in [0.4, 0.5) is 0 Å². The highest BCUT2D eigenvalue weighted by atomic mass is 16.5. The first kappa shape index (κ1) is 15.8. The van der Waals surface area contributed by atoms with Crippen molar-refractivity contribution in [2.75, 3.05) is 7.11 Å². The van der Waals surface area contributed by atoms with Crippen LogP contribution in [0.5, 0.6) is 0 Å². The van der Waals surface area contributed by atoms with Crippen LogP contribution >= 0.6 is 0 Å². The second-order valence-corrected chi connectivity index (χ2v) is 5.47. The molecule has 0 bridgehead atoms. The highest BCUT2D eigenvalue weighted by Gasteiger charge is 2.23. The Labute approximate surface area is 139 Å². The maximum atomic E-state index is 12.4. The van der Waals surface area contributed by atoms with E-state index in [-0.39, 0.29) is 12.3 Å². The zero-order chi connectivity index (χ0) is 16.9. The summed E-state index contributed by atoms with van der Waals surface area (Å²) >= 11 is 0. The van der Waals surface area contributed by atoms with E-state index in [0.29, 0.717) is 5.56 Å². The van der Waals surface area contributed by atoms with Crippen LogP contribution in [-0.4, -0.2) is 24.0 Å². The largest absolute Gasteiger partial charge is 0.467 e. The third-order valence-corrected chi connectivity index (χ3v) is 3.90. The average Bonchev–Trinajstić information content (AvgIpc) is 3.03. The summed E-state index contributed by atoms with van der Waals surface area (Å²) in [7, 11) is 1.31. The van der Waals surface area contributed by atoms with Crippen molar-refractivity contribution in [2.24, 2.45) is 0 Å². The van der Waals surface area contributed by atoms with Gasteiger partial charge in [-0.15, -0.1) is 0 Å². The fourth-order valence-electron chi connectivity index (χ4n) is 2.70. The summed E-state index contributed by atoms with van der Waals surface area (Å²) in [5, 5.41) is 3.76. The lowest BCUT2D eigenvalue weighted by atomic mass is 10.1. The molecular weight excluding hydrogens is 304 g/mol. The van der Waals surface area contributed by atoms with Crippen molar-refractivity contribution >= 4 is 22.8 Å². The van der Waals surface area contributed by atoms with Crippen LogP contribution in [-0.2, 0) is 20.7 Å². The third kappa shape index (κ3) is 3.30. The topological polar surface area (TPSA) is 71.2 Å². The molecule has 2 N–H and O–H groups in total. The van der Waals surface area contributed by atoms with Crippen LogP contribution in [0.3, 0.4) is 0 Å². The van der Waals surface area contributed by atoms with Gasteiger partial charge in [-0.25, -0.2) is 4.79 Å². The number of amides is 1. The minimum Gasteiger partial charge on any atom is -0.467 e. The zero-order valence-electron chi connectivity index (χ0n) is 13.3. The van der Waals surface area contributed by atoms with Crippen molar-refractivity contribution in [3.8, 4) is 0 Å². The van der Waals surface area contributed by atoms with Crippen molar-refractivity contribution < 1.29 is 14.3 Å². The number of esters is 1. The van der Waals surface area contributed by atoms with Crippen molar-refractivity contribution in [1.82, 2.24) is 10.3 Å². The van der Waals surface area contributed by atoms with Crippen molar-refractivity contribution in [1.29, 1.82) is 0 Å². The van der Waals surface area contributed by atoms with Crippen LogP contribution in [0.25, 0.3) is 10.9 Å². The van der Waals surface area contributed by atoms with Gasteiger partial charge in [0.2, 0.25) is 5.91 Å². The average molecular weight is 322 g/mol. The summed E-state index contributed by atoms with van der Waals surface area (Å²) in [6.07, 6.45) is 2.00. The molecule has 0 aliphatic heterocycles. The Balaban J connectivity index is 1.77. The normalized spacial score (nSPS) is 11.9. The number of nitrogens with one attached hydrogen (secondary N) is 2. The molecule has 0 aliphatic carbocycles. The van der Waals surface area contributed by atoms with Gasteiger partial charge in [0.05, 0.1) is 13.5 Å². The molecule has 122 valence electrons. The van der Waals surface area contributed by atoms with E-state index in [1.54, 1.807) is 12.1 Å². The van der Waals surface area contributed by atoms with Crippen molar-refractivity contribution in [3.05, 3.63) is 71.9 Å². The van der Waals surface area contributed by atoms with Gasteiger partial charge in [0, 0.05) is 17.1 Å². The molecule has 24 heavy (non-hydrogen) atoms. The highest BCUT2D eigenvalue weighted by molar-refractivity contribution is 5.91. The quantitative estimate of drug-likeness (QED) is 0.710. The van der Waals surface area contributed by atoms with Gasteiger partial charge in [0.25, 0.3) is 0 Å². The van der Waals surface area contributed by atoms with Gasteiger partial charge in [-0.2, -0.15) is 0 Å². The Morgan fingerprint density at radius 2 is 1.79 bits per heavy atom. The lowest BCUT2D eigenvalue weighted by molar-refractivity contribution is -0.145. The first-order chi connectivity index (χ1) is 11.7. The van der Waals surface area contributed by atoms with Gasteiger partial charge in [-0.3, -0.25) is 4.79 Å². The molecule has 5 heteroatoms. The number of methoxy groups -OCH3 is 1. The zero-order valence-corrected chi connectivity index (χ0v) is 13.3. The Morgan fingerprint density at radius 1 is 1.08 bits per heavy atom. The first-order valence-corrected chi connectivity index (χ1v) is 7.66. The number of ether oxygens (including phenoxy) is 1. The number of H-pyrrole nitrogens is 1. The van der Waals surface area contributed by atoms with E-state index in [4.69, 9.17) is 4.74 Å².